The van der Waals surface area contributed by atoms with Gasteiger partial charge in [0, 0.05) is 17.4 Å². The lowest BCUT2D eigenvalue weighted by Gasteiger charge is -2.08. The average Bonchev–Trinajstić information content (AvgIpc) is 2.54. The van der Waals surface area contributed by atoms with Gasteiger partial charge in [0.25, 0.3) is 5.56 Å². The van der Waals surface area contributed by atoms with Gasteiger partial charge in [-0.25, -0.2) is 4.98 Å². The number of rotatable bonds is 8. The second-order valence-corrected chi connectivity index (χ2v) is 6.22. The molecule has 0 aliphatic rings. The first-order valence-electron chi connectivity index (χ1n) is 7.80. The van der Waals surface area contributed by atoms with Crippen LogP contribution < -0.4 is 15.6 Å². The summed E-state index contributed by atoms with van der Waals surface area (Å²) in [6, 6.07) is 8.68. The number of aromatic nitrogens is 2. The molecule has 7 heteroatoms. The summed E-state index contributed by atoms with van der Waals surface area (Å²) in [6.07, 6.45) is 2.11. The smallest absolute Gasteiger partial charge is 0.251 e. The van der Waals surface area contributed by atoms with Crippen molar-refractivity contribution in [3.8, 4) is 5.75 Å². The molecule has 1 aromatic heterocycles. The molecule has 0 saturated heterocycles. The molecule has 0 radical (unpaired) electrons. The minimum Gasteiger partial charge on any atom is -0.494 e. The third-order valence-corrected chi connectivity index (χ3v) is 3.97. The van der Waals surface area contributed by atoms with Crippen LogP contribution in [0, 0.1) is 6.92 Å². The van der Waals surface area contributed by atoms with Crippen molar-refractivity contribution >= 4 is 23.4 Å². The number of nitrogens with zero attached hydrogens (tertiary/aromatic N) is 1. The predicted molar refractivity (Wildman–Crippen MR) is 95.8 cm³/mol. The Labute approximate surface area is 145 Å². The Hall–Kier alpha value is -2.28. The number of H-pyrrole nitrogens is 1. The monoisotopic (exact) mass is 347 g/mol. The number of anilines is 1. The van der Waals surface area contributed by atoms with E-state index in [1.807, 2.05) is 12.1 Å². The summed E-state index contributed by atoms with van der Waals surface area (Å²) >= 11 is 1.19. The van der Waals surface area contributed by atoms with Crippen molar-refractivity contribution in [2.24, 2.45) is 0 Å². The number of benzene rings is 1. The number of nitrogens with one attached hydrogen (secondary N) is 2. The van der Waals surface area contributed by atoms with E-state index < -0.39 is 0 Å². The third-order valence-electron chi connectivity index (χ3n) is 3.09. The number of carbonyl (C=O) groups excluding carboxylic acids is 1. The lowest BCUT2D eigenvalue weighted by molar-refractivity contribution is -0.113. The molecule has 0 bridgehead atoms. The van der Waals surface area contributed by atoms with Crippen LogP contribution >= 0.6 is 11.8 Å². The number of hydrogen-bond donors (Lipinski definition) is 2. The molecule has 0 fully saturated rings. The van der Waals surface area contributed by atoms with Gasteiger partial charge in [0.2, 0.25) is 5.91 Å². The summed E-state index contributed by atoms with van der Waals surface area (Å²) in [5.41, 5.74) is 1.11. The molecule has 2 N–H and O–H groups in total. The van der Waals surface area contributed by atoms with Gasteiger partial charge in [0.15, 0.2) is 5.16 Å². The van der Waals surface area contributed by atoms with E-state index >= 15 is 0 Å². The van der Waals surface area contributed by atoms with E-state index in [0.29, 0.717) is 23.1 Å². The molecule has 24 heavy (non-hydrogen) atoms. The fourth-order valence-electron chi connectivity index (χ4n) is 1.92. The van der Waals surface area contributed by atoms with E-state index in [1.165, 1.54) is 17.8 Å². The number of aromatic amines is 1. The Balaban J connectivity index is 1.82. The highest BCUT2D eigenvalue weighted by molar-refractivity contribution is 7.99. The van der Waals surface area contributed by atoms with Crippen molar-refractivity contribution in [1.82, 2.24) is 9.97 Å². The van der Waals surface area contributed by atoms with Gasteiger partial charge in [-0.3, -0.25) is 9.59 Å². The topological polar surface area (TPSA) is 84.1 Å². The lowest BCUT2D eigenvalue weighted by Crippen LogP contribution is -2.15. The molecular formula is C17H21N3O3S. The van der Waals surface area contributed by atoms with Crippen LogP contribution in [0.5, 0.6) is 5.75 Å². The van der Waals surface area contributed by atoms with Crippen LogP contribution in [0.15, 0.2) is 40.3 Å². The number of carbonyl (C=O) groups is 1. The number of hydrogen-bond acceptors (Lipinski definition) is 5. The maximum atomic E-state index is 12.0. The van der Waals surface area contributed by atoms with Crippen LogP contribution in [0.2, 0.25) is 0 Å². The highest BCUT2D eigenvalue weighted by Crippen LogP contribution is 2.17. The summed E-state index contributed by atoms with van der Waals surface area (Å²) < 4.78 is 5.58. The Morgan fingerprint density at radius 2 is 2.08 bits per heavy atom. The molecule has 128 valence electrons. The summed E-state index contributed by atoms with van der Waals surface area (Å²) in [6.45, 7) is 4.55. The molecule has 0 aliphatic carbocycles. The summed E-state index contributed by atoms with van der Waals surface area (Å²) in [7, 11) is 0. The van der Waals surface area contributed by atoms with Crippen LogP contribution in [-0.2, 0) is 4.79 Å². The Kier molecular flexibility index (Phi) is 6.87. The molecule has 1 aromatic carbocycles. The van der Waals surface area contributed by atoms with Gasteiger partial charge in [0.05, 0.1) is 12.4 Å². The van der Waals surface area contributed by atoms with Crippen molar-refractivity contribution < 1.29 is 9.53 Å². The number of amides is 1. The molecule has 0 unspecified atom stereocenters. The second-order valence-electron chi connectivity index (χ2n) is 5.26. The second kappa shape index (κ2) is 9.12. The van der Waals surface area contributed by atoms with Crippen LogP contribution in [0.3, 0.4) is 0 Å². The molecule has 6 nitrogen and oxygen atoms in total. The minimum absolute atomic E-state index is 0.163. The summed E-state index contributed by atoms with van der Waals surface area (Å²) in [5.74, 6) is 0.794. The molecule has 0 aliphatic heterocycles. The molecule has 0 atom stereocenters. The van der Waals surface area contributed by atoms with Gasteiger partial charge >= 0.3 is 0 Å². The zero-order valence-electron chi connectivity index (χ0n) is 13.8. The van der Waals surface area contributed by atoms with E-state index in [0.717, 1.165) is 18.6 Å². The highest BCUT2D eigenvalue weighted by Gasteiger charge is 2.06. The first kappa shape index (κ1) is 18.1. The zero-order chi connectivity index (χ0) is 17.4. The quantitative estimate of drug-likeness (QED) is 0.436. The van der Waals surface area contributed by atoms with E-state index in [4.69, 9.17) is 4.74 Å². The summed E-state index contributed by atoms with van der Waals surface area (Å²) in [4.78, 5) is 30.1. The standard InChI is InChI=1S/C17H21N3O3S/c1-3-4-9-23-14-7-5-13(6-8-14)19-16(22)11-24-17-18-12(2)10-15(21)20-17/h5-8,10H,3-4,9,11H2,1-2H3,(H,19,22)(H,18,20,21). The Morgan fingerprint density at radius 1 is 1.33 bits per heavy atom. The van der Waals surface area contributed by atoms with E-state index in [2.05, 4.69) is 22.2 Å². The lowest BCUT2D eigenvalue weighted by atomic mass is 10.3. The predicted octanol–water partition coefficient (Wildman–Crippen LogP) is 2.99. The SMILES string of the molecule is CCCCOc1ccc(NC(=O)CSc2nc(C)cc(=O)[nH]2)cc1. The largest absolute Gasteiger partial charge is 0.494 e. The molecule has 2 aromatic rings. The van der Waals surface area contributed by atoms with Gasteiger partial charge in [-0.15, -0.1) is 0 Å². The average molecular weight is 347 g/mol. The van der Waals surface area contributed by atoms with Crippen LogP contribution in [0.25, 0.3) is 0 Å². The van der Waals surface area contributed by atoms with Crippen molar-refractivity contribution in [3.63, 3.8) is 0 Å². The van der Waals surface area contributed by atoms with E-state index in [1.54, 1.807) is 19.1 Å². The number of ether oxygens (including phenoxy) is 1. The molecule has 2 rings (SSSR count). The third kappa shape index (κ3) is 6.08. The van der Waals surface area contributed by atoms with Crippen molar-refractivity contribution in [3.05, 3.63) is 46.4 Å². The first-order chi connectivity index (χ1) is 11.6. The normalized spacial score (nSPS) is 10.4. The maximum absolute atomic E-state index is 12.0. The molecule has 0 spiro atoms. The van der Waals surface area contributed by atoms with Crippen LogP contribution in [-0.4, -0.2) is 28.2 Å². The molecular weight excluding hydrogens is 326 g/mol. The number of aryl methyl sites for hydroxylation is 1. The molecule has 1 amide bonds. The Morgan fingerprint density at radius 3 is 2.75 bits per heavy atom. The number of unbranched alkanes of at least 4 members (excludes halogenated alkanes) is 1. The number of thioether (sulfide) groups is 1. The fourth-order valence-corrected chi connectivity index (χ4v) is 2.64. The van der Waals surface area contributed by atoms with E-state index in [-0.39, 0.29) is 17.2 Å². The van der Waals surface area contributed by atoms with Gasteiger partial charge in [0.1, 0.15) is 5.75 Å². The fraction of sp³-hybridized carbons (Fsp3) is 0.353. The van der Waals surface area contributed by atoms with Gasteiger partial charge in [-0.2, -0.15) is 0 Å². The first-order valence-corrected chi connectivity index (χ1v) is 8.79. The van der Waals surface area contributed by atoms with Crippen LogP contribution in [0.1, 0.15) is 25.5 Å². The maximum Gasteiger partial charge on any atom is 0.251 e. The van der Waals surface area contributed by atoms with Crippen molar-refractivity contribution in [2.75, 3.05) is 17.7 Å². The molecule has 1 heterocycles. The zero-order valence-corrected chi connectivity index (χ0v) is 14.6. The van der Waals surface area contributed by atoms with Crippen LogP contribution in [0.4, 0.5) is 5.69 Å². The summed E-state index contributed by atoms with van der Waals surface area (Å²) in [5, 5.41) is 3.24. The van der Waals surface area contributed by atoms with E-state index in [9.17, 15) is 9.59 Å². The molecule has 0 saturated carbocycles. The van der Waals surface area contributed by atoms with Crippen molar-refractivity contribution in [2.45, 2.75) is 31.8 Å². The van der Waals surface area contributed by atoms with Crippen molar-refractivity contribution in [1.29, 1.82) is 0 Å². The highest BCUT2D eigenvalue weighted by atomic mass is 32.2. The Bertz CT molecular complexity index is 729. The van der Waals surface area contributed by atoms with Gasteiger partial charge < -0.3 is 15.0 Å². The van der Waals surface area contributed by atoms with Gasteiger partial charge in [-0.1, -0.05) is 25.1 Å². The minimum atomic E-state index is -0.218. The van der Waals surface area contributed by atoms with Gasteiger partial charge in [-0.05, 0) is 37.6 Å².